The molecule has 1 fully saturated rings. The molecule has 4 N–H and O–H groups in total. The fourth-order valence-corrected chi connectivity index (χ4v) is 3.92. The Morgan fingerprint density at radius 1 is 0.970 bits per heavy atom. The molecule has 2 aliphatic rings. The first-order valence-electron chi connectivity index (χ1n) is 10.4. The standard InChI is InChI=1S/C23H21N5O5/c24-21(29)16-11-20(28-9-1-2-17(28)22(25)30)27-23(26-16)13-3-5-14(6-4-13)33-15-7-8-18-19(10-15)32-12-31-18/h3-8,10-11,17H,1-2,9,12H2,(H2,24,29)(H2,25,30)/t17-/m0/s1. The summed E-state index contributed by atoms with van der Waals surface area (Å²) in [5.41, 5.74) is 11.8. The van der Waals surface area contributed by atoms with Gasteiger partial charge < -0.3 is 30.6 Å². The molecule has 10 nitrogen and oxygen atoms in total. The van der Waals surface area contributed by atoms with E-state index in [0.717, 1.165) is 6.42 Å². The molecule has 3 heterocycles. The summed E-state index contributed by atoms with van der Waals surface area (Å²) in [6.07, 6.45) is 1.43. The van der Waals surface area contributed by atoms with Gasteiger partial charge in [0, 0.05) is 24.2 Å². The molecular formula is C23H21N5O5. The lowest BCUT2D eigenvalue weighted by Gasteiger charge is -2.23. The zero-order valence-corrected chi connectivity index (χ0v) is 17.6. The molecular weight excluding hydrogens is 426 g/mol. The number of ether oxygens (including phenoxy) is 3. The molecule has 5 rings (SSSR count). The number of carbonyl (C=O) groups excluding carboxylic acids is 2. The van der Waals surface area contributed by atoms with Crippen LogP contribution in [0.3, 0.4) is 0 Å². The van der Waals surface area contributed by atoms with Crippen molar-refractivity contribution in [3.63, 3.8) is 0 Å². The van der Waals surface area contributed by atoms with Crippen LogP contribution in [0.15, 0.2) is 48.5 Å². The summed E-state index contributed by atoms with van der Waals surface area (Å²) in [6, 6.07) is 13.4. The normalized spacial score (nSPS) is 16.6. The van der Waals surface area contributed by atoms with Crippen molar-refractivity contribution in [2.24, 2.45) is 11.5 Å². The number of anilines is 1. The van der Waals surface area contributed by atoms with Crippen LogP contribution < -0.4 is 30.6 Å². The van der Waals surface area contributed by atoms with Crippen LogP contribution in [0.25, 0.3) is 11.4 Å². The van der Waals surface area contributed by atoms with Crippen molar-refractivity contribution in [2.45, 2.75) is 18.9 Å². The van der Waals surface area contributed by atoms with Gasteiger partial charge in [0.15, 0.2) is 17.3 Å². The lowest BCUT2D eigenvalue weighted by atomic mass is 10.2. The molecule has 2 aliphatic heterocycles. The van der Waals surface area contributed by atoms with Gasteiger partial charge in [0.2, 0.25) is 12.7 Å². The molecule has 10 heteroatoms. The number of aromatic nitrogens is 2. The first-order valence-corrected chi connectivity index (χ1v) is 10.4. The smallest absolute Gasteiger partial charge is 0.267 e. The van der Waals surface area contributed by atoms with Crippen molar-refractivity contribution in [2.75, 3.05) is 18.2 Å². The second-order valence-electron chi connectivity index (χ2n) is 7.69. The Balaban J connectivity index is 1.42. The largest absolute Gasteiger partial charge is 0.457 e. The van der Waals surface area contributed by atoms with Crippen molar-refractivity contribution in [1.29, 1.82) is 0 Å². The molecule has 3 aromatic rings. The Morgan fingerprint density at radius 2 is 1.73 bits per heavy atom. The van der Waals surface area contributed by atoms with E-state index < -0.39 is 17.9 Å². The van der Waals surface area contributed by atoms with Crippen molar-refractivity contribution < 1.29 is 23.8 Å². The molecule has 0 bridgehead atoms. The Labute approximate surface area is 189 Å². The molecule has 0 aliphatic carbocycles. The van der Waals surface area contributed by atoms with E-state index in [4.69, 9.17) is 25.7 Å². The van der Waals surface area contributed by atoms with Crippen molar-refractivity contribution in [3.8, 4) is 34.4 Å². The number of fused-ring (bicyclic) bond motifs is 1. The molecule has 1 saturated heterocycles. The van der Waals surface area contributed by atoms with Gasteiger partial charge >= 0.3 is 0 Å². The topological polar surface area (TPSA) is 143 Å². The van der Waals surface area contributed by atoms with Crippen LogP contribution in [0.5, 0.6) is 23.0 Å². The van der Waals surface area contributed by atoms with Gasteiger partial charge in [-0.2, -0.15) is 0 Å². The highest BCUT2D eigenvalue weighted by atomic mass is 16.7. The number of benzene rings is 2. The monoisotopic (exact) mass is 447 g/mol. The average molecular weight is 447 g/mol. The lowest BCUT2D eigenvalue weighted by Crippen LogP contribution is -2.41. The number of amides is 2. The number of hydrogen-bond acceptors (Lipinski definition) is 8. The molecule has 2 aromatic carbocycles. The minimum Gasteiger partial charge on any atom is -0.457 e. The van der Waals surface area contributed by atoms with E-state index >= 15 is 0 Å². The molecule has 0 radical (unpaired) electrons. The van der Waals surface area contributed by atoms with Crippen molar-refractivity contribution in [3.05, 3.63) is 54.2 Å². The highest BCUT2D eigenvalue weighted by Gasteiger charge is 2.31. The third-order valence-corrected chi connectivity index (χ3v) is 5.53. The van der Waals surface area contributed by atoms with Gasteiger partial charge in [-0.15, -0.1) is 0 Å². The van der Waals surface area contributed by atoms with Gasteiger partial charge in [0.25, 0.3) is 5.91 Å². The van der Waals surface area contributed by atoms with E-state index in [-0.39, 0.29) is 12.5 Å². The van der Waals surface area contributed by atoms with Crippen LogP contribution in [-0.2, 0) is 4.79 Å². The molecule has 168 valence electrons. The van der Waals surface area contributed by atoms with E-state index in [9.17, 15) is 9.59 Å². The molecule has 2 amide bonds. The summed E-state index contributed by atoms with van der Waals surface area (Å²) in [4.78, 5) is 34.4. The van der Waals surface area contributed by atoms with E-state index in [2.05, 4.69) is 9.97 Å². The lowest BCUT2D eigenvalue weighted by molar-refractivity contribution is -0.119. The Hall–Kier alpha value is -4.34. The second-order valence-corrected chi connectivity index (χ2v) is 7.69. The van der Waals surface area contributed by atoms with Crippen LogP contribution in [0.1, 0.15) is 23.3 Å². The number of primary amides is 2. The highest BCUT2D eigenvalue weighted by Crippen LogP contribution is 2.37. The van der Waals surface area contributed by atoms with E-state index in [1.54, 1.807) is 47.4 Å². The molecule has 0 spiro atoms. The molecule has 1 aromatic heterocycles. The summed E-state index contributed by atoms with van der Waals surface area (Å²) < 4.78 is 16.6. The summed E-state index contributed by atoms with van der Waals surface area (Å²) in [5, 5.41) is 0. The third kappa shape index (κ3) is 4.10. The minimum absolute atomic E-state index is 0.0609. The zero-order chi connectivity index (χ0) is 22.9. The summed E-state index contributed by atoms with van der Waals surface area (Å²) in [7, 11) is 0. The van der Waals surface area contributed by atoms with Gasteiger partial charge in [0.05, 0.1) is 0 Å². The molecule has 1 atom stereocenters. The summed E-state index contributed by atoms with van der Waals surface area (Å²) in [5.74, 6) is 2.14. The van der Waals surface area contributed by atoms with Crippen molar-refractivity contribution >= 4 is 17.6 Å². The van der Waals surface area contributed by atoms with Crippen LogP contribution in [0, 0.1) is 0 Å². The summed E-state index contributed by atoms with van der Waals surface area (Å²) >= 11 is 0. The number of rotatable bonds is 6. The van der Waals surface area contributed by atoms with Gasteiger partial charge in [0.1, 0.15) is 29.1 Å². The SMILES string of the molecule is NC(=O)c1cc(N2CCC[C@H]2C(N)=O)nc(-c2ccc(Oc3ccc4c(c3)OCO4)cc2)n1. The first kappa shape index (κ1) is 20.6. The third-order valence-electron chi connectivity index (χ3n) is 5.53. The predicted molar refractivity (Wildman–Crippen MR) is 118 cm³/mol. The highest BCUT2D eigenvalue weighted by molar-refractivity contribution is 5.92. The maximum absolute atomic E-state index is 11.9. The van der Waals surface area contributed by atoms with Crippen LogP contribution in [0.2, 0.25) is 0 Å². The van der Waals surface area contributed by atoms with E-state index in [1.807, 2.05) is 0 Å². The Bertz CT molecular complexity index is 1230. The van der Waals surface area contributed by atoms with Crippen molar-refractivity contribution in [1.82, 2.24) is 9.97 Å². The Kier molecular flexibility index (Phi) is 5.17. The van der Waals surface area contributed by atoms with E-state index in [1.165, 1.54) is 6.07 Å². The fourth-order valence-electron chi connectivity index (χ4n) is 3.92. The first-order chi connectivity index (χ1) is 16.0. The predicted octanol–water partition coefficient (Wildman–Crippen LogP) is 2.22. The maximum Gasteiger partial charge on any atom is 0.267 e. The molecule has 33 heavy (non-hydrogen) atoms. The van der Waals surface area contributed by atoms with Crippen LogP contribution >= 0.6 is 0 Å². The van der Waals surface area contributed by atoms with Gasteiger partial charge in [-0.05, 0) is 49.2 Å². The minimum atomic E-state index is -0.683. The zero-order valence-electron chi connectivity index (χ0n) is 17.6. The molecule has 0 unspecified atom stereocenters. The van der Waals surface area contributed by atoms with Gasteiger partial charge in [-0.3, -0.25) is 9.59 Å². The van der Waals surface area contributed by atoms with Gasteiger partial charge in [-0.25, -0.2) is 9.97 Å². The number of nitrogens with two attached hydrogens (primary N) is 2. The van der Waals surface area contributed by atoms with Crippen LogP contribution in [-0.4, -0.2) is 41.2 Å². The Morgan fingerprint density at radius 3 is 2.48 bits per heavy atom. The number of hydrogen-bond donors (Lipinski definition) is 2. The van der Waals surface area contributed by atoms with E-state index in [0.29, 0.717) is 53.2 Å². The maximum atomic E-state index is 11.9. The number of carbonyl (C=O) groups is 2. The van der Waals surface area contributed by atoms with Gasteiger partial charge in [-0.1, -0.05) is 0 Å². The number of nitrogens with zero attached hydrogens (tertiary/aromatic N) is 3. The van der Waals surface area contributed by atoms with Crippen LogP contribution in [0.4, 0.5) is 5.82 Å². The average Bonchev–Trinajstić information content (AvgIpc) is 3.49. The second kappa shape index (κ2) is 8.30. The fraction of sp³-hybridized carbons (Fsp3) is 0.217. The summed E-state index contributed by atoms with van der Waals surface area (Å²) in [6.45, 7) is 0.794. The molecule has 0 saturated carbocycles. The quantitative estimate of drug-likeness (QED) is 0.585.